The van der Waals surface area contributed by atoms with Crippen LogP contribution in [0.4, 0.5) is 0 Å². The second-order valence-electron chi connectivity index (χ2n) is 5.28. The van der Waals surface area contributed by atoms with Crippen molar-refractivity contribution >= 4 is 0 Å². The van der Waals surface area contributed by atoms with Gasteiger partial charge in [0.15, 0.2) is 0 Å². The van der Waals surface area contributed by atoms with Gasteiger partial charge in [0.1, 0.15) is 0 Å². The van der Waals surface area contributed by atoms with E-state index in [0.29, 0.717) is 11.8 Å². The molecule has 0 aromatic carbocycles. The van der Waals surface area contributed by atoms with Crippen molar-refractivity contribution in [2.45, 2.75) is 38.0 Å². The number of nitrogens with zero attached hydrogens (tertiary/aromatic N) is 3. The normalized spacial score (nSPS) is 27.2. The first-order valence-electron chi connectivity index (χ1n) is 6.32. The molecule has 16 heavy (non-hydrogen) atoms. The van der Waals surface area contributed by atoms with E-state index < -0.39 is 0 Å². The quantitative estimate of drug-likeness (QED) is 0.781. The zero-order valence-electron chi connectivity index (χ0n) is 9.85. The zero-order valence-corrected chi connectivity index (χ0v) is 9.85. The van der Waals surface area contributed by atoms with Crippen molar-refractivity contribution in [3.8, 4) is 0 Å². The fourth-order valence-corrected chi connectivity index (χ4v) is 2.53. The van der Waals surface area contributed by atoms with Gasteiger partial charge in [-0.05, 0) is 45.2 Å². The van der Waals surface area contributed by atoms with Gasteiger partial charge in [0.05, 0.1) is 0 Å². The van der Waals surface area contributed by atoms with Crippen LogP contribution in [0.2, 0.25) is 0 Å². The molecule has 1 aliphatic carbocycles. The fourth-order valence-electron chi connectivity index (χ4n) is 2.53. The standard InChI is InChI=1S/C12H19N3O/c1-15-6-2-3-9(8-15)7-11-13-14-12(16-11)10-4-5-10/h9-10H,2-8H2,1H3. The Hall–Kier alpha value is -0.900. The Bertz CT molecular complexity index is 359. The highest BCUT2D eigenvalue weighted by molar-refractivity contribution is 5.00. The molecule has 4 heteroatoms. The van der Waals surface area contributed by atoms with E-state index in [1.807, 2.05) is 0 Å². The number of hydrogen-bond acceptors (Lipinski definition) is 4. The predicted octanol–water partition coefficient (Wildman–Crippen LogP) is 1.83. The highest BCUT2D eigenvalue weighted by atomic mass is 16.4. The van der Waals surface area contributed by atoms with E-state index in [9.17, 15) is 0 Å². The lowest BCUT2D eigenvalue weighted by atomic mass is 9.95. The van der Waals surface area contributed by atoms with Gasteiger partial charge in [-0.3, -0.25) is 0 Å². The van der Waals surface area contributed by atoms with Crippen molar-refractivity contribution in [2.75, 3.05) is 20.1 Å². The second kappa shape index (κ2) is 4.17. The molecule has 0 bridgehead atoms. The van der Waals surface area contributed by atoms with Gasteiger partial charge >= 0.3 is 0 Å². The van der Waals surface area contributed by atoms with Gasteiger partial charge in [-0.2, -0.15) is 0 Å². The summed E-state index contributed by atoms with van der Waals surface area (Å²) in [5.74, 6) is 3.00. The van der Waals surface area contributed by atoms with E-state index in [-0.39, 0.29) is 0 Å². The lowest BCUT2D eigenvalue weighted by Gasteiger charge is -2.28. The van der Waals surface area contributed by atoms with Crippen LogP contribution < -0.4 is 0 Å². The summed E-state index contributed by atoms with van der Waals surface area (Å²) in [6, 6.07) is 0. The SMILES string of the molecule is CN1CCCC(Cc2nnc(C3CC3)o2)C1. The molecule has 1 aromatic rings. The van der Waals surface area contributed by atoms with Gasteiger partial charge in [-0.25, -0.2) is 0 Å². The Labute approximate surface area is 96.0 Å². The first kappa shape index (κ1) is 10.3. The Balaban J connectivity index is 1.59. The van der Waals surface area contributed by atoms with Crippen molar-refractivity contribution in [3.05, 3.63) is 11.8 Å². The van der Waals surface area contributed by atoms with Crippen LogP contribution in [-0.4, -0.2) is 35.2 Å². The Morgan fingerprint density at radius 3 is 2.94 bits per heavy atom. The van der Waals surface area contributed by atoms with Crippen LogP contribution in [0, 0.1) is 5.92 Å². The van der Waals surface area contributed by atoms with Gasteiger partial charge in [0.2, 0.25) is 11.8 Å². The molecule has 2 aliphatic rings. The minimum atomic E-state index is 0.579. The summed E-state index contributed by atoms with van der Waals surface area (Å²) in [5, 5.41) is 8.29. The van der Waals surface area contributed by atoms with E-state index in [1.54, 1.807) is 0 Å². The Morgan fingerprint density at radius 1 is 1.31 bits per heavy atom. The lowest BCUT2D eigenvalue weighted by molar-refractivity contribution is 0.201. The van der Waals surface area contributed by atoms with E-state index in [4.69, 9.17) is 4.42 Å². The third kappa shape index (κ3) is 2.26. The molecule has 2 fully saturated rings. The highest BCUT2D eigenvalue weighted by Gasteiger charge is 2.30. The van der Waals surface area contributed by atoms with Crippen LogP contribution in [-0.2, 0) is 6.42 Å². The minimum Gasteiger partial charge on any atom is -0.425 e. The molecule has 0 amide bonds. The van der Waals surface area contributed by atoms with Gasteiger partial charge in [-0.1, -0.05) is 0 Å². The molecule has 0 radical (unpaired) electrons. The molecule has 1 atom stereocenters. The molecule has 88 valence electrons. The van der Waals surface area contributed by atoms with Crippen molar-refractivity contribution in [1.29, 1.82) is 0 Å². The molecule has 1 aliphatic heterocycles. The Kier molecular flexibility index (Phi) is 2.67. The average Bonchev–Trinajstić information content (AvgIpc) is 3.01. The number of hydrogen-bond donors (Lipinski definition) is 0. The van der Waals surface area contributed by atoms with Gasteiger partial charge in [0.25, 0.3) is 0 Å². The van der Waals surface area contributed by atoms with Gasteiger partial charge < -0.3 is 9.32 Å². The number of rotatable bonds is 3. The largest absolute Gasteiger partial charge is 0.425 e. The summed E-state index contributed by atoms with van der Waals surface area (Å²) in [4.78, 5) is 2.40. The number of aromatic nitrogens is 2. The molecule has 2 heterocycles. The molecule has 1 saturated heterocycles. The number of piperidine rings is 1. The van der Waals surface area contributed by atoms with Crippen LogP contribution in [0.5, 0.6) is 0 Å². The molecule has 4 nitrogen and oxygen atoms in total. The summed E-state index contributed by atoms with van der Waals surface area (Å²) in [6.45, 7) is 2.40. The maximum atomic E-state index is 5.70. The summed E-state index contributed by atoms with van der Waals surface area (Å²) >= 11 is 0. The minimum absolute atomic E-state index is 0.579. The highest BCUT2D eigenvalue weighted by Crippen LogP contribution is 2.39. The van der Waals surface area contributed by atoms with Crippen LogP contribution in [0.15, 0.2) is 4.42 Å². The van der Waals surface area contributed by atoms with E-state index in [2.05, 4.69) is 22.1 Å². The van der Waals surface area contributed by atoms with Crippen LogP contribution in [0.25, 0.3) is 0 Å². The first-order valence-corrected chi connectivity index (χ1v) is 6.32. The predicted molar refractivity (Wildman–Crippen MR) is 60.2 cm³/mol. The Morgan fingerprint density at radius 2 is 2.19 bits per heavy atom. The van der Waals surface area contributed by atoms with Crippen molar-refractivity contribution in [1.82, 2.24) is 15.1 Å². The van der Waals surface area contributed by atoms with Crippen molar-refractivity contribution < 1.29 is 4.42 Å². The molecule has 0 N–H and O–H groups in total. The summed E-state index contributed by atoms with van der Waals surface area (Å²) in [6.07, 6.45) is 6.02. The molecule has 1 saturated carbocycles. The maximum Gasteiger partial charge on any atom is 0.219 e. The third-order valence-corrected chi connectivity index (χ3v) is 3.59. The van der Waals surface area contributed by atoms with Gasteiger partial charge in [-0.15, -0.1) is 10.2 Å². The van der Waals surface area contributed by atoms with Crippen molar-refractivity contribution in [2.24, 2.45) is 5.92 Å². The molecule has 1 unspecified atom stereocenters. The van der Waals surface area contributed by atoms with Crippen LogP contribution in [0.1, 0.15) is 43.4 Å². The second-order valence-corrected chi connectivity index (χ2v) is 5.28. The first-order chi connectivity index (χ1) is 7.81. The zero-order chi connectivity index (χ0) is 11.0. The van der Waals surface area contributed by atoms with Crippen molar-refractivity contribution in [3.63, 3.8) is 0 Å². The topological polar surface area (TPSA) is 42.2 Å². The molecular formula is C12H19N3O. The fraction of sp³-hybridized carbons (Fsp3) is 0.833. The average molecular weight is 221 g/mol. The third-order valence-electron chi connectivity index (χ3n) is 3.59. The molecular weight excluding hydrogens is 202 g/mol. The van der Waals surface area contributed by atoms with Gasteiger partial charge in [0, 0.05) is 18.9 Å². The van der Waals surface area contributed by atoms with Crippen LogP contribution >= 0.6 is 0 Å². The lowest BCUT2D eigenvalue weighted by Crippen LogP contribution is -2.33. The van der Waals surface area contributed by atoms with E-state index in [0.717, 1.165) is 18.2 Å². The molecule has 0 spiro atoms. The smallest absolute Gasteiger partial charge is 0.219 e. The van der Waals surface area contributed by atoms with Crippen LogP contribution in [0.3, 0.4) is 0 Å². The monoisotopic (exact) mass is 221 g/mol. The summed E-state index contributed by atoms with van der Waals surface area (Å²) < 4.78 is 5.70. The van der Waals surface area contributed by atoms with E-state index in [1.165, 1.54) is 38.8 Å². The summed E-state index contributed by atoms with van der Waals surface area (Å²) in [5.41, 5.74) is 0. The van der Waals surface area contributed by atoms with E-state index >= 15 is 0 Å². The maximum absolute atomic E-state index is 5.70. The summed E-state index contributed by atoms with van der Waals surface area (Å²) in [7, 11) is 2.19. The number of likely N-dealkylation sites (tertiary alicyclic amines) is 1. The molecule has 1 aromatic heterocycles. The molecule has 3 rings (SSSR count).